The van der Waals surface area contributed by atoms with Gasteiger partial charge in [-0.2, -0.15) is 0 Å². The van der Waals surface area contributed by atoms with Crippen LogP contribution in [0.2, 0.25) is 5.02 Å². The van der Waals surface area contributed by atoms with Crippen LogP contribution in [0, 0.1) is 12.7 Å². The largest absolute Gasteiger partial charge is 0.388 e. The fraction of sp³-hybridized carbons (Fsp3) is 0.200. The Morgan fingerprint density at radius 2 is 2.00 bits per heavy atom. The number of aryl methyl sites for hydroxylation is 1. The van der Waals surface area contributed by atoms with Crippen molar-refractivity contribution in [1.29, 1.82) is 0 Å². The summed E-state index contributed by atoms with van der Waals surface area (Å²) in [6.07, 6.45) is -0.452. The zero-order valence-corrected chi connectivity index (χ0v) is 12.7. The van der Waals surface area contributed by atoms with E-state index in [0.29, 0.717) is 10.6 Å². The Hall–Kier alpha value is -0.900. The third-order valence-corrected chi connectivity index (χ3v) is 4.02. The molecule has 0 amide bonds. The second-order valence-electron chi connectivity index (χ2n) is 4.48. The Balaban J connectivity index is 2.27. The smallest absolute Gasteiger partial charge is 0.123 e. The Kier molecular flexibility index (Phi) is 4.61. The van der Waals surface area contributed by atoms with Crippen LogP contribution in [0.1, 0.15) is 22.8 Å². The number of benzene rings is 2. The summed E-state index contributed by atoms with van der Waals surface area (Å²) in [5.41, 5.74) is 2.44. The van der Waals surface area contributed by atoms with Crippen molar-refractivity contribution in [2.24, 2.45) is 0 Å². The van der Waals surface area contributed by atoms with Gasteiger partial charge >= 0.3 is 0 Å². The zero-order chi connectivity index (χ0) is 14.0. The van der Waals surface area contributed by atoms with E-state index in [4.69, 9.17) is 11.6 Å². The molecule has 0 saturated heterocycles. The summed E-state index contributed by atoms with van der Waals surface area (Å²) in [5, 5.41) is 10.7. The molecule has 2 rings (SSSR count). The molecule has 0 aliphatic carbocycles. The molecular weight excluding hydrogens is 331 g/mol. The predicted molar refractivity (Wildman–Crippen MR) is 79.0 cm³/mol. The van der Waals surface area contributed by atoms with Crippen LogP contribution in [0.4, 0.5) is 4.39 Å². The van der Waals surface area contributed by atoms with Crippen molar-refractivity contribution in [3.05, 3.63) is 68.4 Å². The van der Waals surface area contributed by atoms with Gasteiger partial charge < -0.3 is 5.11 Å². The molecule has 1 unspecified atom stereocenters. The molecule has 4 heteroatoms. The molecule has 1 N–H and O–H groups in total. The predicted octanol–water partition coefficient (Wildman–Crippen LogP) is 4.83. The minimum atomic E-state index is -0.728. The molecule has 0 aliphatic heterocycles. The molecule has 0 fully saturated rings. The fourth-order valence-electron chi connectivity index (χ4n) is 1.94. The van der Waals surface area contributed by atoms with Crippen LogP contribution in [0.3, 0.4) is 0 Å². The van der Waals surface area contributed by atoms with E-state index in [1.807, 2.05) is 25.1 Å². The molecule has 1 atom stereocenters. The molecule has 2 aromatic carbocycles. The monoisotopic (exact) mass is 342 g/mol. The summed E-state index contributed by atoms with van der Waals surface area (Å²) in [6, 6.07) is 9.92. The van der Waals surface area contributed by atoms with Gasteiger partial charge in [0, 0.05) is 15.9 Å². The first kappa shape index (κ1) is 14.5. The lowest BCUT2D eigenvalue weighted by molar-refractivity contribution is 0.177. The molecule has 2 aromatic rings. The standard InChI is InChI=1S/C15H13BrClFO/c1-9-2-4-13(16)12(6-9)15(19)8-10-7-11(18)3-5-14(10)17/h2-7,15,19H,8H2,1H3. The number of halogens is 3. The highest BCUT2D eigenvalue weighted by molar-refractivity contribution is 9.10. The van der Waals surface area contributed by atoms with E-state index in [2.05, 4.69) is 15.9 Å². The lowest BCUT2D eigenvalue weighted by atomic mass is 10.00. The first-order chi connectivity index (χ1) is 8.97. The minimum absolute atomic E-state index is 0.276. The van der Waals surface area contributed by atoms with E-state index < -0.39 is 6.10 Å². The molecule has 0 spiro atoms. The molecule has 0 aliphatic rings. The van der Waals surface area contributed by atoms with Crippen LogP contribution < -0.4 is 0 Å². The number of hydrogen-bond acceptors (Lipinski definition) is 1. The van der Waals surface area contributed by atoms with Crippen molar-refractivity contribution in [3.8, 4) is 0 Å². The van der Waals surface area contributed by atoms with E-state index in [1.165, 1.54) is 18.2 Å². The Bertz CT molecular complexity index is 601. The highest BCUT2D eigenvalue weighted by Crippen LogP contribution is 2.29. The third kappa shape index (κ3) is 3.56. The summed E-state index contributed by atoms with van der Waals surface area (Å²) in [7, 11) is 0. The molecule has 0 saturated carbocycles. The maximum absolute atomic E-state index is 13.2. The Labute approximate surface area is 125 Å². The molecule has 1 nitrogen and oxygen atoms in total. The summed E-state index contributed by atoms with van der Waals surface area (Å²) < 4.78 is 14.0. The summed E-state index contributed by atoms with van der Waals surface area (Å²) in [5.74, 6) is -0.352. The van der Waals surface area contributed by atoms with Gasteiger partial charge in [-0.1, -0.05) is 45.2 Å². The summed E-state index contributed by atoms with van der Waals surface area (Å²) in [6.45, 7) is 1.96. The van der Waals surface area contributed by atoms with Gasteiger partial charge in [-0.05, 0) is 42.3 Å². The maximum Gasteiger partial charge on any atom is 0.123 e. The van der Waals surface area contributed by atoms with E-state index in [-0.39, 0.29) is 12.2 Å². The average Bonchev–Trinajstić information content (AvgIpc) is 2.36. The van der Waals surface area contributed by atoms with Crippen LogP contribution in [0.25, 0.3) is 0 Å². The minimum Gasteiger partial charge on any atom is -0.388 e. The lowest BCUT2D eigenvalue weighted by Gasteiger charge is -2.14. The zero-order valence-electron chi connectivity index (χ0n) is 10.3. The first-order valence-corrected chi connectivity index (χ1v) is 7.02. The van der Waals surface area contributed by atoms with E-state index in [1.54, 1.807) is 0 Å². The van der Waals surface area contributed by atoms with Crippen LogP contribution in [0.15, 0.2) is 40.9 Å². The number of hydrogen-bond donors (Lipinski definition) is 1. The summed E-state index contributed by atoms with van der Waals surface area (Å²) >= 11 is 9.42. The van der Waals surface area contributed by atoms with Gasteiger partial charge in [0.1, 0.15) is 5.82 Å². The molecule has 0 aromatic heterocycles. The highest BCUT2D eigenvalue weighted by Gasteiger charge is 2.14. The van der Waals surface area contributed by atoms with E-state index in [9.17, 15) is 9.50 Å². The van der Waals surface area contributed by atoms with Gasteiger partial charge in [-0.3, -0.25) is 0 Å². The van der Waals surface area contributed by atoms with Gasteiger partial charge in [-0.25, -0.2) is 4.39 Å². The van der Waals surface area contributed by atoms with Crippen molar-refractivity contribution in [1.82, 2.24) is 0 Å². The van der Waals surface area contributed by atoms with Gasteiger partial charge in [-0.15, -0.1) is 0 Å². The number of rotatable bonds is 3. The van der Waals surface area contributed by atoms with Crippen LogP contribution >= 0.6 is 27.5 Å². The van der Waals surface area contributed by atoms with Crippen molar-refractivity contribution < 1.29 is 9.50 Å². The topological polar surface area (TPSA) is 20.2 Å². The normalized spacial score (nSPS) is 12.5. The molecule has 19 heavy (non-hydrogen) atoms. The molecule has 100 valence electrons. The number of aliphatic hydroxyl groups is 1. The first-order valence-electron chi connectivity index (χ1n) is 5.85. The van der Waals surface area contributed by atoms with Crippen molar-refractivity contribution in [2.45, 2.75) is 19.4 Å². The molecule has 0 heterocycles. The average molecular weight is 344 g/mol. The Morgan fingerprint density at radius 1 is 1.26 bits per heavy atom. The molecular formula is C15H13BrClFO. The Morgan fingerprint density at radius 3 is 2.74 bits per heavy atom. The second-order valence-corrected chi connectivity index (χ2v) is 5.74. The highest BCUT2D eigenvalue weighted by atomic mass is 79.9. The SMILES string of the molecule is Cc1ccc(Br)c(C(O)Cc2cc(F)ccc2Cl)c1. The third-order valence-electron chi connectivity index (χ3n) is 2.93. The van der Waals surface area contributed by atoms with Crippen LogP contribution in [0.5, 0.6) is 0 Å². The van der Waals surface area contributed by atoms with Crippen LogP contribution in [-0.4, -0.2) is 5.11 Å². The van der Waals surface area contributed by atoms with Gasteiger partial charge in [0.25, 0.3) is 0 Å². The van der Waals surface area contributed by atoms with Crippen molar-refractivity contribution in [3.63, 3.8) is 0 Å². The lowest BCUT2D eigenvalue weighted by Crippen LogP contribution is -2.04. The van der Waals surface area contributed by atoms with Gasteiger partial charge in [0.05, 0.1) is 6.10 Å². The molecule has 0 bridgehead atoms. The maximum atomic E-state index is 13.2. The quantitative estimate of drug-likeness (QED) is 0.846. The van der Waals surface area contributed by atoms with Crippen molar-refractivity contribution in [2.75, 3.05) is 0 Å². The van der Waals surface area contributed by atoms with E-state index in [0.717, 1.165) is 15.6 Å². The summed E-state index contributed by atoms with van der Waals surface area (Å²) in [4.78, 5) is 0. The fourth-order valence-corrected chi connectivity index (χ4v) is 2.64. The van der Waals surface area contributed by atoms with Crippen LogP contribution in [-0.2, 0) is 6.42 Å². The second kappa shape index (κ2) is 6.04. The van der Waals surface area contributed by atoms with Gasteiger partial charge in [0.15, 0.2) is 0 Å². The number of aliphatic hydroxyl groups excluding tert-OH is 1. The van der Waals surface area contributed by atoms with E-state index >= 15 is 0 Å². The van der Waals surface area contributed by atoms with Gasteiger partial charge in [0.2, 0.25) is 0 Å². The molecule has 0 radical (unpaired) electrons. The van der Waals surface area contributed by atoms with Crippen molar-refractivity contribution >= 4 is 27.5 Å².